The van der Waals surface area contributed by atoms with E-state index in [9.17, 15) is 23.2 Å². The predicted octanol–water partition coefficient (Wildman–Crippen LogP) is 7.29. The first-order valence-electron chi connectivity index (χ1n) is 34.1. The molecule has 0 saturated carbocycles. The van der Waals surface area contributed by atoms with E-state index in [0.717, 1.165) is 168 Å². The van der Waals surface area contributed by atoms with E-state index in [4.69, 9.17) is 36.5 Å². The highest BCUT2D eigenvalue weighted by atomic mass is 19.3. The van der Waals surface area contributed by atoms with Gasteiger partial charge in [0.1, 0.15) is 16.6 Å². The lowest BCUT2D eigenvalue weighted by Gasteiger charge is -2.50. The summed E-state index contributed by atoms with van der Waals surface area (Å²) in [6.45, 7) is 26.0. The molecule has 0 aliphatic carbocycles. The summed E-state index contributed by atoms with van der Waals surface area (Å²) in [5.41, 5.74) is 18.6. The zero-order valence-corrected chi connectivity index (χ0v) is 58.1. The lowest BCUT2D eigenvalue weighted by molar-refractivity contribution is -0.141. The van der Waals surface area contributed by atoms with Crippen molar-refractivity contribution in [1.82, 2.24) is 49.8 Å². The van der Waals surface area contributed by atoms with Gasteiger partial charge in [-0.2, -0.15) is 0 Å². The second kappa shape index (κ2) is 41.9. The van der Waals surface area contributed by atoms with Gasteiger partial charge in [0.2, 0.25) is 24.5 Å². The average Bonchev–Trinajstić information content (AvgIpc) is 0.944. The van der Waals surface area contributed by atoms with E-state index >= 15 is 0 Å². The smallest absolute Gasteiger partial charge is 0.250 e. The highest BCUT2D eigenvalue weighted by Crippen LogP contribution is 2.39. The number of benzene rings is 2. The summed E-state index contributed by atoms with van der Waals surface area (Å²) in [7, 11) is 14.0. The van der Waals surface area contributed by atoms with Crippen molar-refractivity contribution in [3.8, 4) is 11.5 Å². The van der Waals surface area contributed by atoms with E-state index in [-0.39, 0.29) is 89.7 Å². The van der Waals surface area contributed by atoms with Gasteiger partial charge < -0.3 is 66.8 Å². The highest BCUT2D eigenvalue weighted by Gasteiger charge is 2.49. The predicted molar refractivity (Wildman–Crippen MR) is 382 cm³/mol. The van der Waals surface area contributed by atoms with Crippen LogP contribution in [-0.2, 0) is 32.1 Å². The number of alkyl halides is 2. The minimum absolute atomic E-state index is 0. The SMILES string of the molecule is C.C.C.CN1CCC(C(N)=O)(N2CCC(C)(C)CC2)CC1.CN1CCC(C(N)=O)(N2CCC(F)(F)CC2)CC1.CN1CCC(C(N)=O)(N2CCCCC2)CC1.CN1CCN(Cc2ccc3c(c2)OCO3)CC1.CNC(CO)CC(C)C.CNC(COC)Cc1ccccc1. The number of halogens is 2. The number of aliphatic hydroxyl groups excluding tert-OH is 1. The fourth-order valence-electron chi connectivity index (χ4n) is 13.7. The first-order valence-corrected chi connectivity index (χ1v) is 34.1. The molecular formula is C72H135F2N13O7. The van der Waals surface area contributed by atoms with Crippen molar-refractivity contribution in [2.24, 2.45) is 28.5 Å². The van der Waals surface area contributed by atoms with Gasteiger partial charge in [-0.3, -0.25) is 34.0 Å². The van der Waals surface area contributed by atoms with Crippen LogP contribution in [0.2, 0.25) is 0 Å². The minimum Gasteiger partial charge on any atom is -0.454 e. The fourth-order valence-corrected chi connectivity index (χ4v) is 13.7. The Morgan fingerprint density at radius 2 is 0.968 bits per heavy atom. The number of piperazine rings is 1. The van der Waals surface area contributed by atoms with Crippen LogP contribution in [0.15, 0.2) is 48.5 Å². The first kappa shape index (κ1) is 85.9. The van der Waals surface area contributed by atoms with E-state index < -0.39 is 11.5 Å². The van der Waals surface area contributed by atoms with E-state index in [1.165, 1.54) is 30.4 Å². The third-order valence-electron chi connectivity index (χ3n) is 20.5. The molecule has 0 radical (unpaired) electrons. The maximum absolute atomic E-state index is 13.2. The highest BCUT2D eigenvalue weighted by molar-refractivity contribution is 5.86. The number of piperidine rings is 6. The Hall–Kier alpha value is -4.17. The molecule has 2 atom stereocenters. The largest absolute Gasteiger partial charge is 0.454 e. The molecule has 94 heavy (non-hydrogen) atoms. The van der Waals surface area contributed by atoms with Gasteiger partial charge in [0.25, 0.3) is 5.92 Å². The third kappa shape index (κ3) is 26.6. The summed E-state index contributed by atoms with van der Waals surface area (Å²) < 4.78 is 42.2. The Morgan fingerprint density at radius 1 is 0.553 bits per heavy atom. The Labute approximate surface area is 569 Å². The van der Waals surface area contributed by atoms with Gasteiger partial charge in [-0.1, -0.05) is 92.8 Å². The molecule has 0 bridgehead atoms. The first-order chi connectivity index (χ1) is 43.2. The van der Waals surface area contributed by atoms with Gasteiger partial charge in [-0.25, -0.2) is 8.78 Å². The number of nitrogens with two attached hydrogens (primary N) is 3. The van der Waals surface area contributed by atoms with Crippen molar-refractivity contribution < 1.29 is 42.5 Å². The topological polar surface area (TPSA) is 227 Å². The van der Waals surface area contributed by atoms with Crippen LogP contribution in [0.3, 0.4) is 0 Å². The zero-order chi connectivity index (χ0) is 66.8. The molecule has 8 heterocycles. The van der Waals surface area contributed by atoms with Gasteiger partial charge in [0.15, 0.2) is 11.5 Å². The molecule has 10 rings (SSSR count). The summed E-state index contributed by atoms with van der Waals surface area (Å²) >= 11 is 0. The minimum atomic E-state index is -2.58. The van der Waals surface area contributed by atoms with Gasteiger partial charge in [0.05, 0.1) is 13.2 Å². The van der Waals surface area contributed by atoms with Crippen LogP contribution in [0.25, 0.3) is 0 Å². The van der Waals surface area contributed by atoms with Crippen molar-refractivity contribution in [3.63, 3.8) is 0 Å². The molecule has 7 saturated heterocycles. The number of fused-ring (bicyclic) bond motifs is 1. The number of likely N-dealkylation sites (N-methyl/N-ethyl adjacent to an activating group) is 3. The number of likely N-dealkylation sites (tertiary alicyclic amines) is 6. The Bertz CT molecular complexity index is 2320. The number of hydrogen-bond acceptors (Lipinski definition) is 17. The Balaban J connectivity index is 0.000000386. The molecule has 0 aromatic heterocycles. The standard InChI is InChI=1S/C14H27N3O.C13H18N2O2.C12H21F2N3O.C12H23N3O.C11H17NO.C7H17NO.3CH4/c1-13(2)4-10-17(11-5-13)14(12(15)18)6-8-16(3)9-7-14;1-14-4-6-15(7-5-14)9-11-2-3-12-13(8-11)17-10-16-12;1-16-6-2-11(3-7-16,10(15)18)17-8-4-12(13,14)5-9-17;1-14-9-5-12(6-10-14,11(13)16)15-7-3-2-4-8-15;1-12-11(9-13-2)8-10-6-4-3-5-7-10;1-6(2)4-7(5-9)8-3;;;/h4-11H2,1-3H3,(H2,15,18);2-3,8H,4-7,9-10H2,1H3;2-9H2,1H3,(H2,15,18);2-10H2,1H3,(H2,13,16);3-7,11-12H,8-9H2,1-2H3;6-9H,4-5H2,1-3H3;3*1H4. The van der Waals surface area contributed by atoms with E-state index in [1.807, 2.05) is 38.2 Å². The van der Waals surface area contributed by atoms with Crippen LogP contribution < -0.4 is 37.3 Å². The number of methoxy groups -OCH3 is 1. The molecule has 8 aliphatic heterocycles. The third-order valence-corrected chi connectivity index (χ3v) is 20.5. The van der Waals surface area contributed by atoms with E-state index in [1.54, 1.807) is 7.11 Å². The number of carbonyl (C=O) groups excluding carboxylic acids is 3. The van der Waals surface area contributed by atoms with Crippen molar-refractivity contribution in [2.75, 3.05) is 174 Å². The number of primary amides is 3. The second-order valence-corrected chi connectivity index (χ2v) is 28.3. The Kier molecular flexibility index (Phi) is 38.3. The molecule has 544 valence electrons. The molecule has 3 amide bonds. The van der Waals surface area contributed by atoms with Crippen LogP contribution in [0.4, 0.5) is 8.78 Å². The summed E-state index contributed by atoms with van der Waals surface area (Å²) in [4.78, 5) is 53.8. The number of aliphatic hydroxyl groups is 1. The lowest BCUT2D eigenvalue weighted by atomic mass is 9.78. The van der Waals surface area contributed by atoms with Gasteiger partial charge in [-0.15, -0.1) is 0 Å². The molecule has 22 heteroatoms. The maximum atomic E-state index is 13.2. The fraction of sp³-hybridized carbons (Fsp3) is 0.792. The van der Waals surface area contributed by atoms with Crippen molar-refractivity contribution in [2.45, 2.75) is 187 Å². The average molecular weight is 1330 g/mol. The zero-order valence-electron chi connectivity index (χ0n) is 58.1. The van der Waals surface area contributed by atoms with Gasteiger partial charge in [0, 0.05) is 117 Å². The molecule has 2 aromatic carbocycles. The van der Waals surface area contributed by atoms with E-state index in [2.05, 4.69) is 130 Å². The molecule has 2 aromatic rings. The summed E-state index contributed by atoms with van der Waals surface area (Å²) in [6, 6.07) is 17.4. The number of rotatable bonds is 17. The van der Waals surface area contributed by atoms with Crippen LogP contribution in [0, 0.1) is 11.3 Å². The summed E-state index contributed by atoms with van der Waals surface area (Å²) in [6.07, 6.45) is 12.6. The lowest BCUT2D eigenvalue weighted by Crippen LogP contribution is -2.64. The van der Waals surface area contributed by atoms with Crippen molar-refractivity contribution in [1.29, 1.82) is 0 Å². The number of nitrogens with zero attached hydrogens (tertiary/aromatic N) is 8. The monoisotopic (exact) mass is 1330 g/mol. The molecule has 8 aliphatic rings. The quantitative estimate of drug-likeness (QED) is 0.0914. The second-order valence-electron chi connectivity index (χ2n) is 28.3. The van der Waals surface area contributed by atoms with Crippen LogP contribution in [0.1, 0.15) is 151 Å². The van der Waals surface area contributed by atoms with Gasteiger partial charge >= 0.3 is 0 Å². The summed E-state index contributed by atoms with van der Waals surface area (Å²) in [5.74, 6) is -0.752. The van der Waals surface area contributed by atoms with Crippen molar-refractivity contribution >= 4 is 17.7 Å². The normalized spacial score (nSPS) is 22.8. The molecule has 9 N–H and O–H groups in total. The van der Waals surface area contributed by atoms with Crippen molar-refractivity contribution in [3.05, 3.63) is 59.7 Å². The number of hydrogen-bond donors (Lipinski definition) is 6. The summed E-state index contributed by atoms with van der Waals surface area (Å²) in [5, 5.41) is 15.0. The van der Waals surface area contributed by atoms with Crippen LogP contribution in [-0.4, -0.2) is 271 Å². The van der Waals surface area contributed by atoms with Gasteiger partial charge in [-0.05, 0) is 180 Å². The molecule has 20 nitrogen and oxygen atoms in total. The van der Waals surface area contributed by atoms with Crippen LogP contribution in [0.5, 0.6) is 11.5 Å². The maximum Gasteiger partial charge on any atom is 0.250 e. The number of ether oxygens (including phenoxy) is 3. The van der Waals surface area contributed by atoms with Crippen LogP contribution >= 0.6 is 0 Å². The molecule has 7 fully saturated rings. The molecular weight excluding hydrogens is 1200 g/mol. The van der Waals surface area contributed by atoms with E-state index in [0.29, 0.717) is 37.0 Å². The molecule has 2 unspecified atom stereocenters. The number of amides is 3. The Morgan fingerprint density at radius 3 is 1.36 bits per heavy atom. The number of nitrogens with one attached hydrogen (secondary N) is 2. The molecule has 0 spiro atoms. The number of carbonyl (C=O) groups is 3.